The Balaban J connectivity index is 1.93. The molecule has 0 aliphatic carbocycles. The van der Waals surface area contributed by atoms with Crippen LogP contribution in [0.4, 0.5) is 0 Å². The number of hydrogen-bond donors (Lipinski definition) is 2. The molecule has 26 heavy (non-hydrogen) atoms. The highest BCUT2D eigenvalue weighted by Gasteiger charge is 2.44. The van der Waals surface area contributed by atoms with Gasteiger partial charge < -0.3 is 10.1 Å². The first-order chi connectivity index (χ1) is 12.6. The van der Waals surface area contributed by atoms with Gasteiger partial charge in [0.15, 0.2) is 0 Å². The molecule has 3 nitrogen and oxygen atoms in total. The molecular weight excluding hydrogens is 320 g/mol. The fraction of sp³-hybridized carbons (Fsp3) is 0.391. The number of H-pyrrole nitrogens is 1. The number of nitrogens with one attached hydrogen (secondary N) is 1. The summed E-state index contributed by atoms with van der Waals surface area (Å²) in [5, 5.41) is 12.7. The summed E-state index contributed by atoms with van der Waals surface area (Å²) in [6.07, 6.45) is 2.40. The fourth-order valence-corrected chi connectivity index (χ4v) is 4.72. The molecule has 0 bridgehead atoms. The summed E-state index contributed by atoms with van der Waals surface area (Å²) in [6, 6.07) is 19.4. The molecule has 3 heteroatoms. The number of para-hydroxylation sites is 1. The zero-order valence-corrected chi connectivity index (χ0v) is 15.9. The molecule has 1 aliphatic rings. The fourth-order valence-electron chi connectivity index (χ4n) is 4.72. The summed E-state index contributed by atoms with van der Waals surface area (Å²) in [6.45, 7) is 4.19. The smallest absolute Gasteiger partial charge is 0.0800 e. The molecule has 1 aromatic heterocycles. The Morgan fingerprint density at radius 3 is 2.38 bits per heavy atom. The van der Waals surface area contributed by atoms with E-state index in [1.54, 1.807) is 0 Å². The molecule has 0 unspecified atom stereocenters. The van der Waals surface area contributed by atoms with E-state index in [0.717, 1.165) is 19.3 Å². The lowest BCUT2D eigenvalue weighted by atomic mass is 9.78. The van der Waals surface area contributed by atoms with Gasteiger partial charge in [-0.1, -0.05) is 62.4 Å². The first-order valence-corrected chi connectivity index (χ1v) is 9.67. The molecule has 0 saturated heterocycles. The van der Waals surface area contributed by atoms with E-state index in [4.69, 9.17) is 0 Å². The van der Waals surface area contributed by atoms with Crippen LogP contribution in [0.3, 0.4) is 0 Å². The number of hydrogen-bond acceptors (Lipinski definition) is 2. The van der Waals surface area contributed by atoms with Crippen molar-refractivity contribution in [1.29, 1.82) is 0 Å². The Morgan fingerprint density at radius 2 is 1.69 bits per heavy atom. The van der Waals surface area contributed by atoms with Gasteiger partial charge in [-0.25, -0.2) is 0 Å². The third kappa shape index (κ3) is 2.58. The summed E-state index contributed by atoms with van der Waals surface area (Å²) in [7, 11) is 2.16. The van der Waals surface area contributed by atoms with Crippen molar-refractivity contribution in [2.24, 2.45) is 0 Å². The second-order valence-corrected chi connectivity index (χ2v) is 7.57. The predicted molar refractivity (Wildman–Crippen MR) is 107 cm³/mol. The molecule has 3 aromatic rings. The molecule has 0 spiro atoms. The molecule has 4 rings (SSSR count). The Morgan fingerprint density at radius 1 is 1.04 bits per heavy atom. The van der Waals surface area contributed by atoms with Crippen LogP contribution in [0, 0.1) is 0 Å². The lowest BCUT2D eigenvalue weighted by molar-refractivity contribution is -0.0591. The van der Waals surface area contributed by atoms with E-state index >= 15 is 0 Å². The minimum atomic E-state index is -0.683. The van der Waals surface area contributed by atoms with Crippen LogP contribution in [0.5, 0.6) is 0 Å². The number of likely N-dealkylation sites (N-methyl/N-ethyl adjacent to an activating group) is 1. The number of nitrogens with zero attached hydrogens (tertiary/aromatic N) is 1. The molecule has 2 heterocycles. The monoisotopic (exact) mass is 348 g/mol. The van der Waals surface area contributed by atoms with Gasteiger partial charge in [0.1, 0.15) is 0 Å². The minimum absolute atomic E-state index is 0.0920. The zero-order valence-electron chi connectivity index (χ0n) is 15.9. The van der Waals surface area contributed by atoms with E-state index in [1.807, 2.05) is 0 Å². The average Bonchev–Trinajstić information content (AvgIpc) is 3.05. The Hall–Kier alpha value is -2.10. The summed E-state index contributed by atoms with van der Waals surface area (Å²) in [5.41, 5.74) is 4.40. The van der Waals surface area contributed by atoms with Crippen LogP contribution in [-0.4, -0.2) is 33.7 Å². The van der Waals surface area contributed by atoms with Gasteiger partial charge in [0.25, 0.3) is 0 Å². The van der Waals surface area contributed by atoms with Crippen LogP contribution in [0.15, 0.2) is 54.6 Å². The van der Waals surface area contributed by atoms with E-state index in [2.05, 4.69) is 85.4 Å². The molecule has 2 atom stereocenters. The number of benzene rings is 2. The van der Waals surface area contributed by atoms with E-state index in [-0.39, 0.29) is 12.1 Å². The van der Waals surface area contributed by atoms with Crippen molar-refractivity contribution < 1.29 is 5.11 Å². The molecule has 2 N–H and O–H groups in total. The van der Waals surface area contributed by atoms with Gasteiger partial charge in [0.05, 0.1) is 11.6 Å². The second kappa shape index (κ2) is 6.57. The largest absolute Gasteiger partial charge is 0.388 e. The van der Waals surface area contributed by atoms with Crippen molar-refractivity contribution in [3.8, 4) is 0 Å². The van der Waals surface area contributed by atoms with Crippen molar-refractivity contribution in [2.45, 2.75) is 50.8 Å². The highest BCUT2D eigenvalue weighted by molar-refractivity contribution is 5.85. The number of aliphatic hydroxyl groups is 1. The van der Waals surface area contributed by atoms with Gasteiger partial charge in [-0.3, -0.25) is 4.90 Å². The van der Waals surface area contributed by atoms with Gasteiger partial charge >= 0.3 is 0 Å². The third-order valence-electron chi connectivity index (χ3n) is 6.38. The quantitative estimate of drug-likeness (QED) is 0.719. The summed E-state index contributed by atoms with van der Waals surface area (Å²) < 4.78 is 0. The highest BCUT2D eigenvalue weighted by atomic mass is 16.3. The zero-order chi connectivity index (χ0) is 18.3. The molecule has 2 aromatic carbocycles. The van der Waals surface area contributed by atoms with Crippen molar-refractivity contribution in [3.63, 3.8) is 0 Å². The average molecular weight is 348 g/mol. The van der Waals surface area contributed by atoms with Gasteiger partial charge in [-0.15, -0.1) is 0 Å². The normalized spacial score (nSPS) is 21.1. The first kappa shape index (κ1) is 17.3. The van der Waals surface area contributed by atoms with Crippen molar-refractivity contribution in [1.82, 2.24) is 9.88 Å². The van der Waals surface area contributed by atoms with Crippen LogP contribution in [0.1, 0.15) is 49.6 Å². The van der Waals surface area contributed by atoms with Crippen LogP contribution < -0.4 is 0 Å². The van der Waals surface area contributed by atoms with E-state index in [1.165, 1.54) is 27.7 Å². The topological polar surface area (TPSA) is 39.3 Å². The molecule has 0 radical (unpaired) electrons. The maximum atomic E-state index is 11.4. The van der Waals surface area contributed by atoms with Gasteiger partial charge in [0.2, 0.25) is 0 Å². The van der Waals surface area contributed by atoms with Crippen LogP contribution in [-0.2, 0) is 6.42 Å². The van der Waals surface area contributed by atoms with Crippen molar-refractivity contribution >= 4 is 10.9 Å². The lowest BCUT2D eigenvalue weighted by Gasteiger charge is -2.47. The summed E-state index contributed by atoms with van der Waals surface area (Å²) >= 11 is 0. The van der Waals surface area contributed by atoms with Gasteiger partial charge in [0, 0.05) is 22.6 Å². The first-order valence-electron chi connectivity index (χ1n) is 9.67. The molecule has 1 aliphatic heterocycles. The molecule has 0 saturated carbocycles. The number of aromatic amines is 1. The molecule has 136 valence electrons. The Kier molecular flexibility index (Phi) is 4.37. The van der Waals surface area contributed by atoms with E-state index in [9.17, 15) is 5.11 Å². The van der Waals surface area contributed by atoms with Crippen molar-refractivity contribution in [2.75, 3.05) is 7.05 Å². The Labute approximate surface area is 155 Å². The number of rotatable bonds is 4. The molecule has 0 amide bonds. The third-order valence-corrected chi connectivity index (χ3v) is 6.38. The molecule has 0 fully saturated rings. The van der Waals surface area contributed by atoms with Gasteiger partial charge in [-0.2, -0.15) is 0 Å². The van der Waals surface area contributed by atoms with Crippen LogP contribution in [0.25, 0.3) is 10.9 Å². The highest BCUT2D eigenvalue weighted by Crippen LogP contribution is 2.43. The SMILES string of the molecule is CCC(O)(CC)[C@@H]1Cc2c([nH]c3ccccc23)[C@@H](c2ccccc2)N1C. The van der Waals surface area contributed by atoms with Crippen molar-refractivity contribution in [3.05, 3.63) is 71.4 Å². The second-order valence-electron chi connectivity index (χ2n) is 7.57. The van der Waals surface area contributed by atoms with Gasteiger partial charge in [-0.05, 0) is 43.5 Å². The maximum absolute atomic E-state index is 11.4. The van der Waals surface area contributed by atoms with E-state index < -0.39 is 5.60 Å². The molecular formula is C23H28N2O. The maximum Gasteiger partial charge on any atom is 0.0800 e. The number of aromatic nitrogens is 1. The number of fused-ring (bicyclic) bond motifs is 3. The standard InChI is InChI=1S/C23H28N2O/c1-4-23(26,5-2)20-15-18-17-13-9-10-14-19(17)24-21(18)22(25(20)3)16-11-7-6-8-12-16/h6-14,20,22,24,26H,4-5,15H2,1-3H3/t20-,22+/m0/s1. The predicted octanol–water partition coefficient (Wildman–Crippen LogP) is 4.66. The van der Waals surface area contributed by atoms with Crippen LogP contribution >= 0.6 is 0 Å². The van der Waals surface area contributed by atoms with Crippen LogP contribution in [0.2, 0.25) is 0 Å². The lowest BCUT2D eigenvalue weighted by Crippen LogP contribution is -2.55. The minimum Gasteiger partial charge on any atom is -0.388 e. The summed E-state index contributed by atoms with van der Waals surface area (Å²) in [4.78, 5) is 6.05. The summed E-state index contributed by atoms with van der Waals surface area (Å²) in [5.74, 6) is 0. The Bertz CT molecular complexity index is 895. The van der Waals surface area contributed by atoms with E-state index in [0.29, 0.717) is 0 Å².